The molecule has 0 saturated heterocycles. The second kappa shape index (κ2) is 6.91. The lowest BCUT2D eigenvalue weighted by Crippen LogP contribution is -2.16. The zero-order valence-corrected chi connectivity index (χ0v) is 9.81. The van der Waals surface area contributed by atoms with Crippen molar-refractivity contribution in [1.29, 1.82) is 0 Å². The molecule has 0 aliphatic heterocycles. The minimum atomic E-state index is 0.774. The Morgan fingerprint density at radius 2 is 2.00 bits per heavy atom. The predicted molar refractivity (Wildman–Crippen MR) is 64.9 cm³/mol. The average molecular weight is 209 g/mol. The molecular weight excluding hydrogens is 190 g/mol. The highest BCUT2D eigenvalue weighted by molar-refractivity contribution is 7.99. The molecule has 1 atom stereocenters. The maximum atomic E-state index is 3.21. The summed E-state index contributed by atoms with van der Waals surface area (Å²) < 4.78 is 0. The SMILES string of the molecule is CNCC(C)CCSc1ccccc1. The van der Waals surface area contributed by atoms with E-state index in [-0.39, 0.29) is 0 Å². The minimum Gasteiger partial charge on any atom is -0.319 e. The highest BCUT2D eigenvalue weighted by Gasteiger charge is 2.00. The lowest BCUT2D eigenvalue weighted by molar-refractivity contribution is 0.532. The zero-order chi connectivity index (χ0) is 10.2. The molecule has 0 aliphatic rings. The highest BCUT2D eigenvalue weighted by atomic mass is 32.2. The summed E-state index contributed by atoms with van der Waals surface area (Å²) in [5, 5.41) is 3.21. The van der Waals surface area contributed by atoms with E-state index in [1.165, 1.54) is 17.1 Å². The van der Waals surface area contributed by atoms with Crippen LogP contribution in [0.4, 0.5) is 0 Å². The first-order chi connectivity index (χ1) is 6.83. The van der Waals surface area contributed by atoms with Crippen LogP contribution in [0.2, 0.25) is 0 Å². The molecule has 0 bridgehead atoms. The molecule has 78 valence electrons. The van der Waals surface area contributed by atoms with Gasteiger partial charge in [-0.2, -0.15) is 0 Å². The van der Waals surface area contributed by atoms with Gasteiger partial charge >= 0.3 is 0 Å². The number of benzene rings is 1. The lowest BCUT2D eigenvalue weighted by atomic mass is 10.1. The molecule has 1 N–H and O–H groups in total. The zero-order valence-electron chi connectivity index (χ0n) is 8.99. The molecule has 0 fully saturated rings. The van der Waals surface area contributed by atoms with E-state index in [1.807, 2.05) is 18.8 Å². The Balaban J connectivity index is 2.16. The summed E-state index contributed by atoms with van der Waals surface area (Å²) in [6.07, 6.45) is 1.28. The smallest absolute Gasteiger partial charge is 0.00719 e. The Bertz CT molecular complexity index is 235. The summed E-state index contributed by atoms with van der Waals surface area (Å²) in [5.74, 6) is 1.99. The Labute approximate surface area is 91.3 Å². The largest absolute Gasteiger partial charge is 0.319 e. The molecule has 0 amide bonds. The van der Waals surface area contributed by atoms with Crippen LogP contribution in [0.15, 0.2) is 35.2 Å². The second-order valence-corrected chi connectivity index (χ2v) is 4.78. The van der Waals surface area contributed by atoms with Crippen molar-refractivity contribution in [1.82, 2.24) is 5.32 Å². The van der Waals surface area contributed by atoms with Gasteiger partial charge in [-0.3, -0.25) is 0 Å². The first-order valence-corrected chi connectivity index (χ1v) is 6.14. The third-order valence-electron chi connectivity index (χ3n) is 2.18. The first-order valence-electron chi connectivity index (χ1n) is 5.15. The van der Waals surface area contributed by atoms with Gasteiger partial charge in [-0.1, -0.05) is 25.1 Å². The average Bonchev–Trinajstić information content (AvgIpc) is 2.20. The molecule has 1 aromatic carbocycles. The highest BCUT2D eigenvalue weighted by Crippen LogP contribution is 2.19. The van der Waals surface area contributed by atoms with Gasteiger partial charge in [-0.15, -0.1) is 11.8 Å². The molecule has 1 unspecified atom stereocenters. The van der Waals surface area contributed by atoms with Crippen LogP contribution in [0.3, 0.4) is 0 Å². The molecular formula is C12H19NS. The van der Waals surface area contributed by atoms with E-state index in [0.29, 0.717) is 0 Å². The topological polar surface area (TPSA) is 12.0 Å². The second-order valence-electron chi connectivity index (χ2n) is 3.61. The fourth-order valence-corrected chi connectivity index (χ4v) is 2.45. The maximum Gasteiger partial charge on any atom is 0.00719 e. The van der Waals surface area contributed by atoms with Crippen molar-refractivity contribution in [3.63, 3.8) is 0 Å². The van der Waals surface area contributed by atoms with E-state index in [9.17, 15) is 0 Å². The van der Waals surface area contributed by atoms with E-state index >= 15 is 0 Å². The Hall–Kier alpha value is -0.470. The molecule has 0 saturated carbocycles. The fourth-order valence-electron chi connectivity index (χ4n) is 1.35. The van der Waals surface area contributed by atoms with Crippen molar-refractivity contribution in [2.75, 3.05) is 19.3 Å². The number of nitrogens with one attached hydrogen (secondary N) is 1. The van der Waals surface area contributed by atoms with Crippen LogP contribution in [0.25, 0.3) is 0 Å². The number of hydrogen-bond acceptors (Lipinski definition) is 2. The van der Waals surface area contributed by atoms with Gasteiger partial charge in [0.2, 0.25) is 0 Å². The van der Waals surface area contributed by atoms with Crippen LogP contribution in [0.5, 0.6) is 0 Å². The van der Waals surface area contributed by atoms with Gasteiger partial charge in [0, 0.05) is 4.90 Å². The molecule has 14 heavy (non-hydrogen) atoms. The standard InChI is InChI=1S/C12H19NS/c1-11(10-13-2)8-9-14-12-6-4-3-5-7-12/h3-7,11,13H,8-10H2,1-2H3. The molecule has 0 aromatic heterocycles. The van der Waals surface area contributed by atoms with Gasteiger partial charge in [0.25, 0.3) is 0 Å². The van der Waals surface area contributed by atoms with Crippen LogP contribution < -0.4 is 5.32 Å². The predicted octanol–water partition coefficient (Wildman–Crippen LogP) is 3.02. The summed E-state index contributed by atoms with van der Waals surface area (Å²) in [6.45, 7) is 3.41. The molecule has 0 heterocycles. The van der Waals surface area contributed by atoms with Crippen LogP contribution in [-0.2, 0) is 0 Å². The number of thioether (sulfide) groups is 1. The molecule has 0 radical (unpaired) electrons. The number of hydrogen-bond donors (Lipinski definition) is 1. The number of rotatable bonds is 6. The van der Waals surface area contributed by atoms with E-state index in [0.717, 1.165) is 12.5 Å². The molecule has 1 aromatic rings. The van der Waals surface area contributed by atoms with Gasteiger partial charge in [0.15, 0.2) is 0 Å². The molecule has 0 spiro atoms. The summed E-state index contributed by atoms with van der Waals surface area (Å²) in [4.78, 5) is 1.38. The molecule has 0 aliphatic carbocycles. The minimum absolute atomic E-state index is 0.774. The fraction of sp³-hybridized carbons (Fsp3) is 0.500. The summed E-state index contributed by atoms with van der Waals surface area (Å²) >= 11 is 1.95. The van der Waals surface area contributed by atoms with Crippen molar-refractivity contribution in [2.24, 2.45) is 5.92 Å². The molecule has 1 nitrogen and oxygen atoms in total. The van der Waals surface area contributed by atoms with Gasteiger partial charge in [-0.25, -0.2) is 0 Å². The quantitative estimate of drug-likeness (QED) is 0.723. The first kappa shape index (κ1) is 11.6. The van der Waals surface area contributed by atoms with E-state index in [1.54, 1.807) is 0 Å². The molecule has 1 rings (SSSR count). The van der Waals surface area contributed by atoms with Crippen molar-refractivity contribution in [3.8, 4) is 0 Å². The Morgan fingerprint density at radius 1 is 1.29 bits per heavy atom. The van der Waals surface area contributed by atoms with Gasteiger partial charge in [-0.05, 0) is 43.8 Å². The van der Waals surface area contributed by atoms with E-state index < -0.39 is 0 Å². The maximum absolute atomic E-state index is 3.21. The van der Waals surface area contributed by atoms with Crippen molar-refractivity contribution in [2.45, 2.75) is 18.2 Å². The van der Waals surface area contributed by atoms with Crippen LogP contribution in [-0.4, -0.2) is 19.3 Å². The van der Waals surface area contributed by atoms with Gasteiger partial charge in [0.1, 0.15) is 0 Å². The monoisotopic (exact) mass is 209 g/mol. The van der Waals surface area contributed by atoms with Crippen LogP contribution >= 0.6 is 11.8 Å². The Morgan fingerprint density at radius 3 is 2.64 bits per heavy atom. The van der Waals surface area contributed by atoms with Gasteiger partial charge in [0.05, 0.1) is 0 Å². The van der Waals surface area contributed by atoms with E-state index in [2.05, 4.69) is 42.6 Å². The normalized spacial score (nSPS) is 12.7. The Kier molecular flexibility index (Phi) is 5.72. The summed E-state index contributed by atoms with van der Waals surface area (Å²) in [5.41, 5.74) is 0. The lowest BCUT2D eigenvalue weighted by Gasteiger charge is -2.09. The van der Waals surface area contributed by atoms with Crippen molar-refractivity contribution < 1.29 is 0 Å². The van der Waals surface area contributed by atoms with Crippen molar-refractivity contribution in [3.05, 3.63) is 30.3 Å². The summed E-state index contributed by atoms with van der Waals surface area (Å²) in [7, 11) is 2.01. The third kappa shape index (κ3) is 4.68. The third-order valence-corrected chi connectivity index (χ3v) is 3.22. The van der Waals surface area contributed by atoms with Crippen molar-refractivity contribution >= 4 is 11.8 Å². The van der Waals surface area contributed by atoms with Gasteiger partial charge < -0.3 is 5.32 Å². The summed E-state index contributed by atoms with van der Waals surface area (Å²) in [6, 6.07) is 10.6. The van der Waals surface area contributed by atoms with E-state index in [4.69, 9.17) is 0 Å². The molecule has 2 heteroatoms. The van der Waals surface area contributed by atoms with Crippen LogP contribution in [0.1, 0.15) is 13.3 Å². The van der Waals surface area contributed by atoms with Crippen LogP contribution in [0, 0.1) is 5.92 Å².